The lowest BCUT2D eigenvalue weighted by Crippen LogP contribution is -2.65. The Morgan fingerprint density at radius 1 is 1.04 bits per heavy atom. The molecule has 14 heteroatoms. The summed E-state index contributed by atoms with van der Waals surface area (Å²) in [6.45, 7) is 0. The minimum atomic E-state index is -2.75. The Bertz CT molecular complexity index is 1700. The van der Waals surface area contributed by atoms with Crippen molar-refractivity contribution in [3.8, 4) is 11.5 Å². The van der Waals surface area contributed by atoms with Crippen LogP contribution in [0.2, 0.25) is 0 Å². The lowest BCUT2D eigenvalue weighted by Gasteiger charge is -2.50. The van der Waals surface area contributed by atoms with Crippen LogP contribution in [0.25, 0.3) is 5.76 Å². The maximum atomic E-state index is 14.1. The zero-order chi connectivity index (χ0) is 33.1. The number of aliphatic hydroxyl groups is 3. The third kappa shape index (κ3) is 4.82. The van der Waals surface area contributed by atoms with Gasteiger partial charge in [0.1, 0.15) is 22.8 Å². The molecule has 0 radical (unpaired) electrons. The van der Waals surface area contributed by atoms with E-state index in [4.69, 9.17) is 10.5 Å². The average molecular weight is 622 g/mol. The standard InChI is InChI=1S/C31H35N5O9/c1-35(2)19-12-18(34-30(43)33-14-6-8-15(45-5)9-7-14)24(37)21-16(19)10-13-11-17-23(36(3)4)26(39)22(29(32)42)28(41)31(17,44)27(40)20(13)25(21)38/h6-9,12-13,17,23,37-38,41,44H,10-11H2,1-5H3,(H2,32,42)(H2,33,34,43)/t13-,17-,23?,31-/m1/s1. The molecular weight excluding hydrogens is 586 g/mol. The van der Waals surface area contributed by atoms with Gasteiger partial charge in [-0.25, -0.2) is 4.79 Å². The lowest BCUT2D eigenvalue weighted by molar-refractivity contribution is -0.153. The van der Waals surface area contributed by atoms with E-state index in [0.29, 0.717) is 22.7 Å². The van der Waals surface area contributed by atoms with Crippen LogP contribution in [0.5, 0.6) is 11.5 Å². The number of benzene rings is 2. The largest absolute Gasteiger partial charge is 0.508 e. The monoisotopic (exact) mass is 621 g/mol. The van der Waals surface area contributed by atoms with Gasteiger partial charge in [-0.15, -0.1) is 0 Å². The molecule has 0 saturated heterocycles. The van der Waals surface area contributed by atoms with Crippen LogP contribution in [-0.2, 0) is 20.8 Å². The fraction of sp³-hybridized carbons (Fsp3) is 0.355. The number of hydrogen-bond donors (Lipinski definition) is 7. The number of likely N-dealkylation sites (N-methyl/N-ethyl adjacent to an activating group) is 1. The van der Waals surface area contributed by atoms with E-state index < -0.39 is 69.8 Å². The van der Waals surface area contributed by atoms with Gasteiger partial charge in [-0.05, 0) is 68.8 Å². The fourth-order valence-corrected chi connectivity index (χ4v) is 6.75. The van der Waals surface area contributed by atoms with Gasteiger partial charge in [-0.1, -0.05) is 0 Å². The van der Waals surface area contributed by atoms with Crippen molar-refractivity contribution >= 4 is 46.3 Å². The van der Waals surface area contributed by atoms with Crippen molar-refractivity contribution in [2.75, 3.05) is 50.8 Å². The maximum absolute atomic E-state index is 14.1. The number of aliphatic hydroxyl groups excluding tert-OH is 2. The van der Waals surface area contributed by atoms with E-state index >= 15 is 0 Å². The van der Waals surface area contributed by atoms with Gasteiger partial charge in [-0.3, -0.25) is 19.3 Å². The number of phenols is 1. The Hall–Kier alpha value is -5.08. The number of aromatic hydroxyl groups is 1. The molecule has 1 unspecified atom stereocenters. The zero-order valence-electron chi connectivity index (χ0n) is 25.3. The minimum Gasteiger partial charge on any atom is -0.508 e. The van der Waals surface area contributed by atoms with Gasteiger partial charge in [0.15, 0.2) is 17.1 Å². The van der Waals surface area contributed by atoms with Crippen LogP contribution in [0.4, 0.5) is 21.9 Å². The van der Waals surface area contributed by atoms with E-state index in [-0.39, 0.29) is 29.7 Å². The van der Waals surface area contributed by atoms with Crippen molar-refractivity contribution in [3.05, 3.63) is 58.4 Å². The summed E-state index contributed by atoms with van der Waals surface area (Å²) in [5.41, 5.74) is 2.65. The summed E-state index contributed by atoms with van der Waals surface area (Å²) >= 11 is 0. The highest BCUT2D eigenvalue weighted by Gasteiger charge is 2.64. The molecule has 3 amide bonds. The predicted octanol–water partition coefficient (Wildman–Crippen LogP) is 1.68. The van der Waals surface area contributed by atoms with Crippen molar-refractivity contribution in [2.24, 2.45) is 17.6 Å². The Labute approximate surface area is 258 Å². The average Bonchev–Trinajstić information content (AvgIpc) is 2.96. The normalized spacial score (nSPS) is 24.1. The molecule has 0 heterocycles. The molecule has 0 aromatic heterocycles. The van der Waals surface area contributed by atoms with Crippen LogP contribution >= 0.6 is 0 Å². The molecular formula is C31H35N5O9. The number of carbonyl (C=O) groups is 4. The van der Waals surface area contributed by atoms with Crippen molar-refractivity contribution in [1.29, 1.82) is 0 Å². The number of ketones is 2. The maximum Gasteiger partial charge on any atom is 0.323 e. The summed E-state index contributed by atoms with van der Waals surface area (Å²) < 4.78 is 5.12. The summed E-state index contributed by atoms with van der Waals surface area (Å²) in [6.07, 6.45) is 0.0671. The lowest BCUT2D eigenvalue weighted by atomic mass is 9.57. The van der Waals surface area contributed by atoms with E-state index in [1.54, 1.807) is 43.3 Å². The molecule has 1 fully saturated rings. The smallest absolute Gasteiger partial charge is 0.323 e. The quantitative estimate of drug-likeness (QED) is 0.182. The number of rotatable bonds is 6. The molecule has 8 N–H and O–H groups in total. The van der Waals surface area contributed by atoms with Gasteiger partial charge in [0.25, 0.3) is 5.91 Å². The van der Waals surface area contributed by atoms with Crippen molar-refractivity contribution in [2.45, 2.75) is 24.5 Å². The van der Waals surface area contributed by atoms with Gasteiger partial charge in [0, 0.05) is 37.0 Å². The third-order valence-corrected chi connectivity index (χ3v) is 8.78. The SMILES string of the molecule is COc1ccc(NC(=O)Nc2cc(N(C)C)c3c(c2O)C(O)=C2C(=O)[C@@]4(O)C(O)=C(C(N)=O)C(=O)C(N(C)C)[C@H]4C[C@H]2C3)cc1. The van der Waals surface area contributed by atoms with Gasteiger partial charge < -0.3 is 46.4 Å². The summed E-state index contributed by atoms with van der Waals surface area (Å²) in [5.74, 6) is -6.94. The number of fused-ring (bicyclic) bond motifs is 3. The van der Waals surface area contributed by atoms with Gasteiger partial charge in [0.05, 0.1) is 24.4 Å². The molecule has 2 aromatic rings. The van der Waals surface area contributed by atoms with Crippen molar-refractivity contribution in [3.63, 3.8) is 0 Å². The highest BCUT2D eigenvalue weighted by Crippen LogP contribution is 2.54. The first-order valence-electron chi connectivity index (χ1n) is 14.1. The molecule has 45 heavy (non-hydrogen) atoms. The van der Waals surface area contributed by atoms with Crippen LogP contribution in [-0.4, -0.2) is 95.8 Å². The van der Waals surface area contributed by atoms with E-state index in [1.165, 1.54) is 32.2 Å². The zero-order valence-corrected chi connectivity index (χ0v) is 25.3. The van der Waals surface area contributed by atoms with Crippen molar-refractivity contribution in [1.82, 2.24) is 4.90 Å². The molecule has 0 spiro atoms. The number of ether oxygens (including phenoxy) is 1. The molecule has 3 aliphatic carbocycles. The molecule has 5 rings (SSSR count). The molecule has 1 saturated carbocycles. The number of phenolic OH excluding ortho intramolecular Hbond substituents is 1. The molecule has 3 aliphatic rings. The molecule has 0 bridgehead atoms. The fourth-order valence-electron chi connectivity index (χ4n) is 6.75. The number of anilines is 3. The number of nitrogens with one attached hydrogen (secondary N) is 2. The van der Waals surface area contributed by atoms with E-state index in [9.17, 15) is 39.6 Å². The Morgan fingerprint density at radius 2 is 1.69 bits per heavy atom. The second kappa shape index (κ2) is 11.1. The summed E-state index contributed by atoms with van der Waals surface area (Å²) in [5, 5.41) is 51.0. The third-order valence-electron chi connectivity index (χ3n) is 8.78. The van der Waals surface area contributed by atoms with E-state index in [2.05, 4.69) is 10.6 Å². The first-order chi connectivity index (χ1) is 21.1. The molecule has 2 aromatic carbocycles. The highest BCUT2D eigenvalue weighted by molar-refractivity contribution is 6.24. The number of Topliss-reactive ketones (excluding diaryl/α,β-unsaturated/α-hetero) is 2. The molecule has 238 valence electrons. The van der Waals surface area contributed by atoms with Crippen LogP contribution in [0, 0.1) is 11.8 Å². The van der Waals surface area contributed by atoms with Crippen LogP contribution in [0.3, 0.4) is 0 Å². The molecule has 14 nitrogen and oxygen atoms in total. The second-order valence-electron chi connectivity index (χ2n) is 11.8. The van der Waals surface area contributed by atoms with E-state index in [1.807, 2.05) is 0 Å². The van der Waals surface area contributed by atoms with Gasteiger partial charge >= 0.3 is 6.03 Å². The Balaban J connectivity index is 1.61. The number of primary amides is 1. The van der Waals surface area contributed by atoms with Crippen LogP contribution in [0.15, 0.2) is 47.2 Å². The first-order valence-corrected chi connectivity index (χ1v) is 14.1. The van der Waals surface area contributed by atoms with Crippen LogP contribution in [0.1, 0.15) is 17.5 Å². The molecule has 4 atom stereocenters. The summed E-state index contributed by atoms with van der Waals surface area (Å²) in [7, 11) is 8.04. The number of urea groups is 1. The number of hydrogen-bond acceptors (Lipinski definition) is 11. The minimum absolute atomic E-state index is 0.0380. The molecule has 0 aliphatic heterocycles. The number of amides is 3. The number of carbonyl (C=O) groups excluding carboxylic acids is 4. The predicted molar refractivity (Wildman–Crippen MR) is 164 cm³/mol. The number of nitrogens with two attached hydrogens (primary N) is 1. The second-order valence-corrected chi connectivity index (χ2v) is 11.8. The first kappa shape index (κ1) is 31.3. The van der Waals surface area contributed by atoms with Crippen LogP contribution < -0.4 is 26.0 Å². The number of nitrogens with zero attached hydrogens (tertiary/aromatic N) is 2. The van der Waals surface area contributed by atoms with E-state index in [0.717, 1.165) is 0 Å². The summed E-state index contributed by atoms with van der Waals surface area (Å²) in [4.78, 5) is 55.6. The summed E-state index contributed by atoms with van der Waals surface area (Å²) in [6, 6.07) is 6.18. The van der Waals surface area contributed by atoms with Gasteiger partial charge in [-0.2, -0.15) is 0 Å². The van der Waals surface area contributed by atoms with Crippen molar-refractivity contribution < 1.29 is 44.3 Å². The Morgan fingerprint density at radius 3 is 2.24 bits per heavy atom. The number of methoxy groups -OCH3 is 1. The highest BCUT2D eigenvalue weighted by atomic mass is 16.5. The van der Waals surface area contributed by atoms with Gasteiger partial charge in [0.2, 0.25) is 5.78 Å². The topological polar surface area (TPSA) is 215 Å². The Kier molecular flexibility index (Phi) is 7.75.